The van der Waals surface area contributed by atoms with Crippen molar-refractivity contribution < 1.29 is 14.7 Å². The second-order valence-electron chi connectivity index (χ2n) is 6.02. The van der Waals surface area contributed by atoms with Crippen LogP contribution in [0.4, 0.5) is 5.82 Å². The lowest BCUT2D eigenvalue weighted by atomic mass is 9.96. The lowest BCUT2D eigenvalue weighted by Crippen LogP contribution is -2.62. The molecule has 1 aliphatic heterocycles. The lowest BCUT2D eigenvalue weighted by Gasteiger charge is -2.46. The fraction of sp³-hybridized carbons (Fsp3) is 0.533. The molecule has 0 unspecified atom stereocenters. The van der Waals surface area contributed by atoms with Gasteiger partial charge in [-0.15, -0.1) is 0 Å². The van der Waals surface area contributed by atoms with Gasteiger partial charge in [0.1, 0.15) is 16.9 Å². The Morgan fingerprint density at radius 2 is 1.95 bits per heavy atom. The Morgan fingerprint density at radius 1 is 1.33 bits per heavy atom. The van der Waals surface area contributed by atoms with Crippen molar-refractivity contribution in [2.24, 2.45) is 0 Å². The van der Waals surface area contributed by atoms with Gasteiger partial charge in [-0.1, -0.05) is 0 Å². The normalized spacial score (nSPS) is 18.0. The van der Waals surface area contributed by atoms with Crippen molar-refractivity contribution in [3.8, 4) is 0 Å². The van der Waals surface area contributed by atoms with E-state index in [0.717, 1.165) is 5.69 Å². The van der Waals surface area contributed by atoms with Gasteiger partial charge in [0, 0.05) is 25.8 Å². The van der Waals surface area contributed by atoms with Crippen molar-refractivity contribution in [2.45, 2.75) is 33.2 Å². The third-order valence-corrected chi connectivity index (χ3v) is 4.00. The van der Waals surface area contributed by atoms with E-state index < -0.39 is 11.5 Å². The van der Waals surface area contributed by atoms with Crippen LogP contribution in [0.25, 0.3) is 0 Å². The van der Waals surface area contributed by atoms with Gasteiger partial charge in [0.05, 0.1) is 0 Å². The topological polar surface area (TPSA) is 73.7 Å². The summed E-state index contributed by atoms with van der Waals surface area (Å²) in [7, 11) is 1.76. The highest BCUT2D eigenvalue weighted by Crippen LogP contribution is 2.31. The van der Waals surface area contributed by atoms with Gasteiger partial charge in [0.2, 0.25) is 5.91 Å². The monoisotopic (exact) mass is 291 g/mol. The van der Waals surface area contributed by atoms with Crippen LogP contribution in [0.15, 0.2) is 6.07 Å². The maximum absolute atomic E-state index is 12.4. The van der Waals surface area contributed by atoms with Crippen LogP contribution >= 0.6 is 0 Å². The van der Waals surface area contributed by atoms with Crippen LogP contribution in [0.2, 0.25) is 0 Å². The fourth-order valence-corrected chi connectivity index (χ4v) is 2.86. The highest BCUT2D eigenvalue weighted by atomic mass is 16.4. The number of pyridine rings is 1. The number of anilines is 1. The number of hydrogen-bond acceptors (Lipinski definition) is 4. The first kappa shape index (κ1) is 15.3. The molecule has 6 nitrogen and oxygen atoms in total. The Balaban J connectivity index is 2.61. The zero-order valence-electron chi connectivity index (χ0n) is 13.1. The van der Waals surface area contributed by atoms with Gasteiger partial charge in [-0.25, -0.2) is 9.78 Å². The molecule has 0 bridgehead atoms. The number of rotatable bonds is 2. The summed E-state index contributed by atoms with van der Waals surface area (Å²) < 4.78 is 0. The van der Waals surface area contributed by atoms with Crippen molar-refractivity contribution in [1.82, 2.24) is 9.88 Å². The number of aromatic nitrogens is 1. The number of aromatic carboxylic acids is 1. The molecule has 1 fully saturated rings. The zero-order valence-corrected chi connectivity index (χ0v) is 13.1. The number of likely N-dealkylation sites (N-methyl/N-ethyl adjacent to an activating group) is 1. The number of hydrogen-bond donors (Lipinski definition) is 1. The average molecular weight is 291 g/mol. The largest absolute Gasteiger partial charge is 0.478 e. The molecule has 0 radical (unpaired) electrons. The minimum Gasteiger partial charge on any atom is -0.478 e. The van der Waals surface area contributed by atoms with Crippen molar-refractivity contribution in [2.75, 3.05) is 25.0 Å². The van der Waals surface area contributed by atoms with Crippen LogP contribution in [0.5, 0.6) is 0 Å². The van der Waals surface area contributed by atoms with E-state index >= 15 is 0 Å². The number of carboxylic acids is 1. The third-order valence-electron chi connectivity index (χ3n) is 4.00. The molecule has 114 valence electrons. The molecule has 0 saturated carbocycles. The van der Waals surface area contributed by atoms with Crippen LogP contribution in [0.3, 0.4) is 0 Å². The standard InChI is InChI=1S/C15H21N3O3/c1-9-8-10(2)16-12(11(9)13(19)20)18-7-6-17(5)14(21)15(18,3)4/h8H,6-7H2,1-5H3,(H,19,20). The summed E-state index contributed by atoms with van der Waals surface area (Å²) in [6.45, 7) is 8.30. The summed E-state index contributed by atoms with van der Waals surface area (Å²) in [5.74, 6) is -0.672. The van der Waals surface area contributed by atoms with E-state index in [-0.39, 0.29) is 11.5 Å². The summed E-state index contributed by atoms with van der Waals surface area (Å²) in [4.78, 5) is 31.9. The van der Waals surface area contributed by atoms with E-state index in [1.54, 1.807) is 43.7 Å². The van der Waals surface area contributed by atoms with E-state index in [4.69, 9.17) is 0 Å². The van der Waals surface area contributed by atoms with Crippen molar-refractivity contribution >= 4 is 17.7 Å². The molecule has 6 heteroatoms. The molecular formula is C15H21N3O3. The molecule has 1 aliphatic rings. The second kappa shape index (κ2) is 5.02. The van der Waals surface area contributed by atoms with E-state index in [2.05, 4.69) is 4.98 Å². The molecule has 0 spiro atoms. The maximum Gasteiger partial charge on any atom is 0.339 e. The van der Waals surface area contributed by atoms with Gasteiger partial charge in [0.15, 0.2) is 0 Å². The van der Waals surface area contributed by atoms with Gasteiger partial charge in [-0.2, -0.15) is 0 Å². The minimum absolute atomic E-state index is 0.0361. The van der Waals surface area contributed by atoms with Crippen molar-refractivity contribution in [3.63, 3.8) is 0 Å². The maximum atomic E-state index is 12.4. The Morgan fingerprint density at radius 3 is 2.52 bits per heavy atom. The summed E-state index contributed by atoms with van der Waals surface area (Å²) in [6.07, 6.45) is 0. The van der Waals surface area contributed by atoms with E-state index in [9.17, 15) is 14.7 Å². The van der Waals surface area contributed by atoms with Crippen LogP contribution < -0.4 is 4.90 Å². The second-order valence-corrected chi connectivity index (χ2v) is 6.02. The summed E-state index contributed by atoms with van der Waals surface area (Å²) in [5, 5.41) is 9.49. The Kier molecular flexibility index (Phi) is 3.65. The van der Waals surface area contributed by atoms with Crippen LogP contribution in [-0.4, -0.2) is 52.5 Å². The molecule has 1 aromatic rings. The van der Waals surface area contributed by atoms with Crippen molar-refractivity contribution in [1.29, 1.82) is 0 Å². The first-order chi connectivity index (χ1) is 9.66. The number of amides is 1. The molecule has 0 atom stereocenters. The molecule has 1 amide bonds. The van der Waals surface area contributed by atoms with Gasteiger partial charge >= 0.3 is 5.97 Å². The Labute approximate surface area is 124 Å². The van der Waals surface area contributed by atoms with Gasteiger partial charge in [-0.3, -0.25) is 4.79 Å². The van der Waals surface area contributed by atoms with Gasteiger partial charge in [-0.05, 0) is 39.3 Å². The number of aryl methyl sites for hydroxylation is 2. The molecule has 0 aliphatic carbocycles. The zero-order chi connectivity index (χ0) is 15.9. The average Bonchev–Trinajstić information content (AvgIpc) is 2.34. The van der Waals surface area contributed by atoms with Crippen LogP contribution in [-0.2, 0) is 4.79 Å². The summed E-state index contributed by atoms with van der Waals surface area (Å²) in [5.41, 5.74) is 0.762. The smallest absolute Gasteiger partial charge is 0.339 e. The van der Waals surface area contributed by atoms with Crippen LogP contribution in [0.1, 0.15) is 35.5 Å². The predicted molar refractivity (Wildman–Crippen MR) is 79.7 cm³/mol. The highest BCUT2D eigenvalue weighted by Gasteiger charge is 2.42. The van der Waals surface area contributed by atoms with Gasteiger partial charge in [0.25, 0.3) is 0 Å². The predicted octanol–water partition coefficient (Wildman–Crippen LogP) is 1.45. The molecule has 0 aromatic carbocycles. The number of carboxylic acid groups (broad SMARTS) is 1. The quantitative estimate of drug-likeness (QED) is 0.893. The summed E-state index contributed by atoms with van der Waals surface area (Å²) >= 11 is 0. The van der Waals surface area contributed by atoms with Crippen molar-refractivity contribution in [3.05, 3.63) is 22.9 Å². The number of carbonyl (C=O) groups excluding carboxylic acids is 1. The summed E-state index contributed by atoms with van der Waals surface area (Å²) in [6, 6.07) is 1.75. The van der Waals surface area contributed by atoms with Gasteiger partial charge < -0.3 is 14.9 Å². The molecule has 1 aromatic heterocycles. The third kappa shape index (κ3) is 2.46. The van der Waals surface area contributed by atoms with E-state index in [1.807, 2.05) is 6.92 Å². The van der Waals surface area contributed by atoms with E-state index in [0.29, 0.717) is 24.5 Å². The molecule has 1 saturated heterocycles. The van der Waals surface area contributed by atoms with Crippen LogP contribution in [0, 0.1) is 13.8 Å². The number of nitrogens with zero attached hydrogens (tertiary/aromatic N) is 3. The number of carbonyl (C=O) groups is 2. The molecule has 1 N–H and O–H groups in total. The Hall–Kier alpha value is -2.11. The molecule has 2 heterocycles. The lowest BCUT2D eigenvalue weighted by molar-refractivity contribution is -0.136. The first-order valence-electron chi connectivity index (χ1n) is 6.91. The highest BCUT2D eigenvalue weighted by molar-refractivity contribution is 5.97. The molecule has 2 rings (SSSR count). The minimum atomic E-state index is -1.02. The number of piperazine rings is 1. The first-order valence-corrected chi connectivity index (χ1v) is 6.91. The Bertz CT molecular complexity index is 610. The SMILES string of the molecule is Cc1cc(C)c(C(=O)O)c(N2CCN(C)C(=O)C2(C)C)n1. The molecule has 21 heavy (non-hydrogen) atoms. The van der Waals surface area contributed by atoms with E-state index in [1.165, 1.54) is 0 Å². The molecular weight excluding hydrogens is 270 g/mol. The fourth-order valence-electron chi connectivity index (χ4n) is 2.86.